The zero-order valence-electron chi connectivity index (χ0n) is 20.6. The quantitative estimate of drug-likeness (QED) is 0.513. The van der Waals surface area contributed by atoms with Gasteiger partial charge in [0.2, 0.25) is 11.2 Å². The van der Waals surface area contributed by atoms with Crippen molar-refractivity contribution in [3.8, 4) is 5.75 Å². The summed E-state index contributed by atoms with van der Waals surface area (Å²) in [4.78, 5) is 29.6. The number of amides is 1. The van der Waals surface area contributed by atoms with Crippen LogP contribution in [0.4, 0.5) is 0 Å². The summed E-state index contributed by atoms with van der Waals surface area (Å²) < 4.78 is 12.9. The molecule has 1 amide bonds. The maximum atomic E-state index is 13.1. The molecule has 9 heteroatoms. The van der Waals surface area contributed by atoms with Crippen molar-refractivity contribution in [1.29, 1.82) is 0 Å². The predicted octanol–water partition coefficient (Wildman–Crippen LogP) is 3.86. The van der Waals surface area contributed by atoms with Crippen LogP contribution >= 0.6 is 11.6 Å². The SMILES string of the molecule is Cn1nc(C(C)(C)C)cc1C(=O)N1CCN(Cc2cc(=O)c(OCc3ccccc3Cl)co2)CC1. The van der Waals surface area contributed by atoms with E-state index in [0.29, 0.717) is 49.2 Å². The second kappa shape index (κ2) is 10.3. The van der Waals surface area contributed by atoms with E-state index in [9.17, 15) is 9.59 Å². The Kier molecular flexibility index (Phi) is 7.33. The van der Waals surface area contributed by atoms with E-state index in [1.807, 2.05) is 36.2 Å². The Morgan fingerprint density at radius 2 is 1.86 bits per heavy atom. The van der Waals surface area contributed by atoms with Gasteiger partial charge in [-0.25, -0.2) is 0 Å². The van der Waals surface area contributed by atoms with Gasteiger partial charge < -0.3 is 14.1 Å². The summed E-state index contributed by atoms with van der Waals surface area (Å²) in [6, 6.07) is 10.7. The minimum atomic E-state index is -0.238. The average Bonchev–Trinajstić information content (AvgIpc) is 3.22. The Morgan fingerprint density at radius 3 is 2.49 bits per heavy atom. The molecule has 0 saturated carbocycles. The Balaban J connectivity index is 1.31. The fourth-order valence-corrected chi connectivity index (χ4v) is 4.11. The molecule has 4 rings (SSSR count). The van der Waals surface area contributed by atoms with E-state index in [1.54, 1.807) is 10.7 Å². The molecule has 186 valence electrons. The molecule has 0 aliphatic carbocycles. The van der Waals surface area contributed by atoms with Gasteiger partial charge in [-0.15, -0.1) is 0 Å². The third kappa shape index (κ3) is 5.94. The predicted molar refractivity (Wildman–Crippen MR) is 134 cm³/mol. The molecule has 0 spiro atoms. The van der Waals surface area contributed by atoms with Crippen LogP contribution in [0.1, 0.15) is 48.3 Å². The third-order valence-electron chi connectivity index (χ3n) is 6.10. The largest absolute Gasteiger partial charge is 0.482 e. The first-order valence-electron chi connectivity index (χ1n) is 11.7. The number of nitrogens with zero attached hydrogens (tertiary/aromatic N) is 4. The normalized spacial score (nSPS) is 14.8. The Bertz CT molecular complexity index is 1250. The highest BCUT2D eigenvalue weighted by Crippen LogP contribution is 2.22. The molecule has 3 heterocycles. The van der Waals surface area contributed by atoms with E-state index in [1.165, 1.54) is 12.3 Å². The summed E-state index contributed by atoms with van der Waals surface area (Å²) >= 11 is 6.14. The molecule has 1 aromatic carbocycles. The van der Waals surface area contributed by atoms with E-state index < -0.39 is 0 Å². The van der Waals surface area contributed by atoms with Crippen LogP contribution in [0.5, 0.6) is 5.75 Å². The van der Waals surface area contributed by atoms with Crippen LogP contribution in [0.15, 0.2) is 51.9 Å². The number of piperazine rings is 1. The minimum Gasteiger partial charge on any atom is -0.482 e. The Labute approximate surface area is 210 Å². The van der Waals surface area contributed by atoms with Crippen molar-refractivity contribution >= 4 is 17.5 Å². The number of halogens is 1. The zero-order valence-corrected chi connectivity index (χ0v) is 21.3. The second-order valence-corrected chi connectivity index (χ2v) is 10.2. The fourth-order valence-electron chi connectivity index (χ4n) is 3.92. The smallest absolute Gasteiger partial charge is 0.272 e. The highest BCUT2D eigenvalue weighted by molar-refractivity contribution is 6.31. The lowest BCUT2D eigenvalue weighted by molar-refractivity contribution is 0.0608. The molecular formula is C26H31ClN4O4. The summed E-state index contributed by atoms with van der Waals surface area (Å²) in [5, 5.41) is 5.11. The van der Waals surface area contributed by atoms with E-state index in [4.69, 9.17) is 20.8 Å². The van der Waals surface area contributed by atoms with Gasteiger partial charge in [-0.2, -0.15) is 5.10 Å². The topological polar surface area (TPSA) is 80.8 Å². The second-order valence-electron chi connectivity index (χ2n) is 9.81. The molecule has 35 heavy (non-hydrogen) atoms. The summed E-state index contributed by atoms with van der Waals surface area (Å²) in [6.45, 7) is 9.48. The molecule has 2 aromatic heterocycles. The minimum absolute atomic E-state index is 0.0123. The van der Waals surface area contributed by atoms with Gasteiger partial charge >= 0.3 is 0 Å². The summed E-state index contributed by atoms with van der Waals surface area (Å²) in [5.74, 6) is 0.693. The van der Waals surface area contributed by atoms with Crippen molar-refractivity contribution in [2.24, 2.45) is 7.05 Å². The number of hydrogen-bond donors (Lipinski definition) is 0. The highest BCUT2D eigenvalue weighted by Gasteiger charge is 2.27. The van der Waals surface area contributed by atoms with Gasteiger partial charge in [0.25, 0.3) is 5.91 Å². The van der Waals surface area contributed by atoms with Crippen molar-refractivity contribution < 1.29 is 13.9 Å². The van der Waals surface area contributed by atoms with Gasteiger partial charge in [-0.1, -0.05) is 50.6 Å². The van der Waals surface area contributed by atoms with Crippen LogP contribution in [0.2, 0.25) is 5.02 Å². The molecule has 1 aliphatic heterocycles. The van der Waals surface area contributed by atoms with Crippen molar-refractivity contribution in [3.05, 3.63) is 80.6 Å². The maximum Gasteiger partial charge on any atom is 0.272 e. The van der Waals surface area contributed by atoms with Crippen molar-refractivity contribution in [2.45, 2.75) is 39.3 Å². The van der Waals surface area contributed by atoms with Crippen molar-refractivity contribution in [3.63, 3.8) is 0 Å². The van der Waals surface area contributed by atoms with Crippen LogP contribution in [0, 0.1) is 0 Å². The Morgan fingerprint density at radius 1 is 1.14 bits per heavy atom. The van der Waals surface area contributed by atoms with Crippen LogP contribution in [-0.4, -0.2) is 51.7 Å². The molecule has 1 saturated heterocycles. The molecule has 0 bridgehead atoms. The Hall–Kier alpha value is -3.10. The van der Waals surface area contributed by atoms with Gasteiger partial charge in [0.1, 0.15) is 24.3 Å². The summed E-state index contributed by atoms with van der Waals surface area (Å²) in [5.41, 5.74) is 1.94. The molecule has 0 atom stereocenters. The summed E-state index contributed by atoms with van der Waals surface area (Å²) in [6.07, 6.45) is 1.35. The third-order valence-corrected chi connectivity index (χ3v) is 6.47. The van der Waals surface area contributed by atoms with Gasteiger partial charge in [-0.05, 0) is 12.1 Å². The number of aromatic nitrogens is 2. The molecule has 8 nitrogen and oxygen atoms in total. The van der Waals surface area contributed by atoms with Crippen LogP contribution in [0.3, 0.4) is 0 Å². The van der Waals surface area contributed by atoms with Gasteiger partial charge in [0.15, 0.2) is 0 Å². The molecule has 1 fully saturated rings. The lowest BCUT2D eigenvalue weighted by Gasteiger charge is -2.34. The molecule has 0 unspecified atom stereocenters. The average molecular weight is 499 g/mol. The van der Waals surface area contributed by atoms with E-state index in [0.717, 1.165) is 11.3 Å². The van der Waals surface area contributed by atoms with Crippen molar-refractivity contribution in [2.75, 3.05) is 26.2 Å². The maximum absolute atomic E-state index is 13.1. The number of benzene rings is 1. The molecular weight excluding hydrogens is 468 g/mol. The number of aryl methyl sites for hydroxylation is 1. The number of ether oxygens (including phenoxy) is 1. The standard InChI is InChI=1S/C26H31ClN4O4/c1-26(2,3)24-14-21(29(4)28-24)25(33)31-11-9-30(10-12-31)15-19-13-22(32)23(17-34-19)35-16-18-7-5-6-8-20(18)27/h5-8,13-14,17H,9-12,15-16H2,1-4H3. The van der Waals surface area contributed by atoms with Gasteiger partial charge in [0, 0.05) is 55.3 Å². The lowest BCUT2D eigenvalue weighted by atomic mass is 9.92. The summed E-state index contributed by atoms with van der Waals surface area (Å²) in [7, 11) is 1.81. The first-order valence-corrected chi connectivity index (χ1v) is 12.0. The van der Waals surface area contributed by atoms with Crippen molar-refractivity contribution in [1.82, 2.24) is 19.6 Å². The monoisotopic (exact) mass is 498 g/mol. The van der Waals surface area contributed by atoms with Gasteiger partial charge in [-0.3, -0.25) is 19.2 Å². The first kappa shape index (κ1) is 25.0. The number of carbonyl (C=O) groups excluding carboxylic acids is 1. The van der Waals surface area contributed by atoms with Crippen LogP contribution < -0.4 is 10.2 Å². The fraction of sp³-hybridized carbons (Fsp3) is 0.423. The van der Waals surface area contributed by atoms with Gasteiger partial charge in [0.05, 0.1) is 12.2 Å². The van der Waals surface area contributed by atoms with E-state index in [2.05, 4.69) is 30.8 Å². The van der Waals surface area contributed by atoms with E-state index in [-0.39, 0.29) is 29.1 Å². The number of hydrogen-bond acceptors (Lipinski definition) is 6. The molecule has 3 aromatic rings. The van der Waals surface area contributed by atoms with E-state index >= 15 is 0 Å². The lowest BCUT2D eigenvalue weighted by Crippen LogP contribution is -2.48. The molecule has 0 N–H and O–H groups in total. The molecule has 0 radical (unpaired) electrons. The molecule has 1 aliphatic rings. The van der Waals surface area contributed by atoms with Crippen LogP contribution in [0.25, 0.3) is 0 Å². The number of rotatable bonds is 6. The first-order chi connectivity index (χ1) is 16.6. The number of carbonyl (C=O) groups is 1. The zero-order chi connectivity index (χ0) is 25.2. The van der Waals surface area contributed by atoms with Crippen LogP contribution in [-0.2, 0) is 25.6 Å². The highest BCUT2D eigenvalue weighted by atomic mass is 35.5.